The molecule has 3 amide bonds. The summed E-state index contributed by atoms with van der Waals surface area (Å²) in [4.78, 5) is 41.3. The van der Waals surface area contributed by atoms with Gasteiger partial charge < -0.3 is 24.6 Å². The average Bonchev–Trinajstić information content (AvgIpc) is 3.05. The third kappa shape index (κ3) is 5.93. The van der Waals surface area contributed by atoms with Crippen LogP contribution in [0.2, 0.25) is 0 Å². The van der Waals surface area contributed by atoms with Gasteiger partial charge in [-0.2, -0.15) is 0 Å². The van der Waals surface area contributed by atoms with Gasteiger partial charge in [-0.05, 0) is 39.2 Å². The fraction of sp³-hybridized carbons (Fsp3) is 0.625. The summed E-state index contributed by atoms with van der Waals surface area (Å²) < 4.78 is 10.8. The molecule has 0 aliphatic carbocycles. The number of ether oxygens (including phenoxy) is 2. The molecule has 8 nitrogen and oxygen atoms in total. The highest BCUT2D eigenvalue weighted by Crippen LogP contribution is 2.36. The molecule has 2 heterocycles. The highest BCUT2D eigenvalue weighted by molar-refractivity contribution is 5.87. The Balaban J connectivity index is 1.53. The van der Waals surface area contributed by atoms with Crippen LogP contribution in [0.25, 0.3) is 0 Å². The largest absolute Gasteiger partial charge is 0.445 e. The van der Waals surface area contributed by atoms with Crippen molar-refractivity contribution in [2.45, 2.75) is 71.8 Å². The predicted molar refractivity (Wildman–Crippen MR) is 120 cm³/mol. The van der Waals surface area contributed by atoms with Gasteiger partial charge >= 0.3 is 12.2 Å². The van der Waals surface area contributed by atoms with Gasteiger partial charge in [-0.15, -0.1) is 0 Å². The third-order valence-electron chi connectivity index (χ3n) is 5.95. The molecule has 2 aliphatic rings. The first-order valence-electron chi connectivity index (χ1n) is 11.2. The van der Waals surface area contributed by atoms with E-state index in [2.05, 4.69) is 19.2 Å². The van der Waals surface area contributed by atoms with Crippen LogP contribution in [0.1, 0.15) is 53.0 Å². The van der Waals surface area contributed by atoms with E-state index in [1.54, 1.807) is 4.90 Å². The molecule has 0 aromatic heterocycles. The first-order valence-corrected chi connectivity index (χ1v) is 11.2. The molecule has 1 unspecified atom stereocenters. The Kier molecular flexibility index (Phi) is 7.00. The Labute approximate surface area is 190 Å². The minimum Gasteiger partial charge on any atom is -0.445 e. The molecule has 1 aromatic rings. The number of carbonyl (C=O) groups excluding carboxylic acids is 3. The lowest BCUT2D eigenvalue weighted by Gasteiger charge is -2.47. The lowest BCUT2D eigenvalue weighted by atomic mass is 9.78. The highest BCUT2D eigenvalue weighted by Gasteiger charge is 2.46. The van der Waals surface area contributed by atoms with E-state index >= 15 is 0 Å². The van der Waals surface area contributed by atoms with Gasteiger partial charge in [0.15, 0.2) is 0 Å². The van der Waals surface area contributed by atoms with Crippen LogP contribution in [0.4, 0.5) is 9.59 Å². The molecule has 0 bridgehead atoms. The van der Waals surface area contributed by atoms with Gasteiger partial charge in [-0.25, -0.2) is 9.59 Å². The molecular formula is C24H35N3O5. The molecule has 8 heteroatoms. The number of carbonyl (C=O) groups is 3. The number of nitrogens with zero attached hydrogens (tertiary/aromatic N) is 2. The summed E-state index contributed by atoms with van der Waals surface area (Å²) in [6, 6.07) is 8.81. The maximum Gasteiger partial charge on any atom is 0.410 e. The Hall–Kier alpha value is -2.77. The maximum atomic E-state index is 13.1. The van der Waals surface area contributed by atoms with E-state index in [4.69, 9.17) is 9.47 Å². The maximum absolute atomic E-state index is 13.1. The molecule has 2 atom stereocenters. The summed E-state index contributed by atoms with van der Waals surface area (Å²) in [5.74, 6) is -0.0922. The van der Waals surface area contributed by atoms with Crippen molar-refractivity contribution in [1.82, 2.24) is 15.1 Å². The number of rotatable bonds is 4. The van der Waals surface area contributed by atoms with Crippen LogP contribution in [-0.2, 0) is 20.9 Å². The van der Waals surface area contributed by atoms with E-state index in [0.717, 1.165) is 5.56 Å². The monoisotopic (exact) mass is 445 g/mol. The van der Waals surface area contributed by atoms with Crippen LogP contribution in [0.15, 0.2) is 30.3 Å². The number of likely N-dealkylation sites (tertiary alicyclic amines) is 2. The van der Waals surface area contributed by atoms with E-state index in [9.17, 15) is 14.4 Å². The molecule has 3 rings (SSSR count). The number of hydrogen-bond donors (Lipinski definition) is 1. The Morgan fingerprint density at radius 3 is 2.44 bits per heavy atom. The SMILES string of the molecule is CC(C)(C)OC(=O)N1CCC(N2CC[C@H](NC(=O)OCc3ccccc3)C2=O)C(C)(C)C1. The zero-order chi connectivity index (χ0) is 23.5. The van der Waals surface area contributed by atoms with Crippen molar-refractivity contribution in [1.29, 1.82) is 0 Å². The van der Waals surface area contributed by atoms with E-state index < -0.39 is 17.7 Å². The fourth-order valence-electron chi connectivity index (χ4n) is 4.46. The van der Waals surface area contributed by atoms with Crippen LogP contribution in [0.5, 0.6) is 0 Å². The Bertz CT molecular complexity index is 834. The molecule has 32 heavy (non-hydrogen) atoms. The number of benzene rings is 1. The molecule has 2 saturated heterocycles. The first kappa shape index (κ1) is 23.9. The van der Waals surface area contributed by atoms with Crippen molar-refractivity contribution in [3.63, 3.8) is 0 Å². The molecule has 2 aliphatic heterocycles. The second-order valence-corrected chi connectivity index (χ2v) is 10.3. The minimum atomic E-state index is -0.590. The molecule has 0 spiro atoms. The number of nitrogens with one attached hydrogen (secondary N) is 1. The van der Waals surface area contributed by atoms with Crippen molar-refractivity contribution in [3.8, 4) is 0 Å². The van der Waals surface area contributed by atoms with Gasteiger partial charge in [0.05, 0.1) is 0 Å². The van der Waals surface area contributed by atoms with E-state index in [1.807, 2.05) is 56.0 Å². The molecule has 0 radical (unpaired) electrons. The quantitative estimate of drug-likeness (QED) is 0.766. The van der Waals surface area contributed by atoms with Crippen LogP contribution >= 0.6 is 0 Å². The van der Waals surface area contributed by atoms with Gasteiger partial charge in [0.2, 0.25) is 5.91 Å². The number of piperidine rings is 1. The lowest BCUT2D eigenvalue weighted by molar-refractivity contribution is -0.135. The standard InChI is InChI=1S/C24H35N3O5/c1-23(2,3)32-22(30)26-13-12-19(24(4,5)16-26)27-14-11-18(20(27)28)25-21(29)31-15-17-9-7-6-8-10-17/h6-10,18-19H,11-16H2,1-5H3,(H,25,29)/t18-,19?/m0/s1. The highest BCUT2D eigenvalue weighted by atomic mass is 16.6. The summed E-state index contributed by atoms with van der Waals surface area (Å²) in [5.41, 5.74) is 0.0466. The summed E-state index contributed by atoms with van der Waals surface area (Å²) >= 11 is 0. The molecular weight excluding hydrogens is 410 g/mol. The van der Waals surface area contributed by atoms with E-state index in [-0.39, 0.29) is 30.1 Å². The summed E-state index contributed by atoms with van der Waals surface area (Å²) in [6.45, 7) is 11.5. The topological polar surface area (TPSA) is 88.2 Å². The van der Waals surface area contributed by atoms with Crippen LogP contribution in [0.3, 0.4) is 0 Å². The number of amides is 3. The Morgan fingerprint density at radius 1 is 1.12 bits per heavy atom. The van der Waals surface area contributed by atoms with Gasteiger partial charge in [-0.3, -0.25) is 4.79 Å². The minimum absolute atomic E-state index is 0.0131. The molecule has 2 fully saturated rings. The van der Waals surface area contributed by atoms with Gasteiger partial charge in [0.1, 0.15) is 18.2 Å². The molecule has 1 N–H and O–H groups in total. The molecule has 1 aromatic carbocycles. The zero-order valence-electron chi connectivity index (χ0n) is 19.7. The van der Waals surface area contributed by atoms with Crippen LogP contribution in [0, 0.1) is 5.41 Å². The van der Waals surface area contributed by atoms with Crippen molar-refractivity contribution in [2.24, 2.45) is 5.41 Å². The number of alkyl carbamates (subject to hydrolysis) is 1. The summed E-state index contributed by atoms with van der Waals surface area (Å²) in [7, 11) is 0. The Morgan fingerprint density at radius 2 is 1.81 bits per heavy atom. The fourth-order valence-corrected chi connectivity index (χ4v) is 4.46. The lowest BCUT2D eigenvalue weighted by Crippen LogP contribution is -2.58. The second kappa shape index (κ2) is 9.38. The first-order chi connectivity index (χ1) is 15.0. The van der Waals surface area contributed by atoms with Gasteiger partial charge in [0, 0.05) is 31.1 Å². The van der Waals surface area contributed by atoms with Crippen LogP contribution in [-0.4, -0.2) is 65.2 Å². The number of hydrogen-bond acceptors (Lipinski definition) is 5. The van der Waals surface area contributed by atoms with Gasteiger partial charge in [0.25, 0.3) is 0 Å². The zero-order valence-corrected chi connectivity index (χ0v) is 19.7. The van der Waals surface area contributed by atoms with Crippen molar-refractivity contribution in [3.05, 3.63) is 35.9 Å². The smallest absolute Gasteiger partial charge is 0.410 e. The normalized spacial score (nSPS) is 23.1. The second-order valence-electron chi connectivity index (χ2n) is 10.3. The van der Waals surface area contributed by atoms with Crippen molar-refractivity contribution >= 4 is 18.1 Å². The van der Waals surface area contributed by atoms with Gasteiger partial charge in [-0.1, -0.05) is 44.2 Å². The van der Waals surface area contributed by atoms with Crippen LogP contribution < -0.4 is 5.32 Å². The van der Waals surface area contributed by atoms with Crippen molar-refractivity contribution in [2.75, 3.05) is 19.6 Å². The third-order valence-corrected chi connectivity index (χ3v) is 5.95. The van der Waals surface area contributed by atoms with Crippen molar-refractivity contribution < 1.29 is 23.9 Å². The average molecular weight is 446 g/mol. The predicted octanol–water partition coefficient (Wildman–Crippen LogP) is 3.55. The summed E-state index contributed by atoms with van der Waals surface area (Å²) in [6.07, 6.45) is 0.302. The van der Waals surface area contributed by atoms with E-state index in [1.165, 1.54) is 0 Å². The molecule has 176 valence electrons. The van der Waals surface area contributed by atoms with E-state index in [0.29, 0.717) is 32.5 Å². The molecule has 0 saturated carbocycles. The summed E-state index contributed by atoms with van der Waals surface area (Å²) in [5, 5.41) is 2.71.